The van der Waals surface area contributed by atoms with E-state index >= 15 is 0 Å². The van der Waals surface area contributed by atoms with Crippen molar-refractivity contribution in [2.45, 2.75) is 62.7 Å². The minimum absolute atomic E-state index is 0.0847. The molecule has 6 nitrogen and oxygen atoms in total. The zero-order valence-corrected chi connectivity index (χ0v) is 16.1. The Morgan fingerprint density at radius 1 is 1.15 bits per heavy atom. The molecule has 2 N–H and O–H groups in total. The Kier molecular flexibility index (Phi) is 5.08. The molecule has 6 heteroatoms. The van der Waals surface area contributed by atoms with Crippen LogP contribution in [0.1, 0.15) is 50.1 Å². The summed E-state index contributed by atoms with van der Waals surface area (Å²) in [4.78, 5) is 27.2. The molecule has 0 spiro atoms. The standard InChI is InChI=1S/C21H29N3O3/c1-24-19(25)10-9-18(20(24)13-3-7-17(27-2)8-4-13)21(26)23-16-11-14-5-6-15(12-16)22-14/h3-4,7-8,14-16,18,20,22H,5-6,9-12H2,1-2H3,(H,23,26). The molecule has 1 aromatic rings. The summed E-state index contributed by atoms with van der Waals surface area (Å²) in [5.41, 5.74) is 0.983. The van der Waals surface area contributed by atoms with Crippen molar-refractivity contribution >= 4 is 11.8 Å². The first kappa shape index (κ1) is 18.3. The van der Waals surface area contributed by atoms with E-state index in [-0.39, 0.29) is 29.8 Å². The molecule has 3 fully saturated rings. The van der Waals surface area contributed by atoms with E-state index in [1.807, 2.05) is 24.3 Å². The summed E-state index contributed by atoms with van der Waals surface area (Å²) in [7, 11) is 3.44. The minimum Gasteiger partial charge on any atom is -0.497 e. The maximum absolute atomic E-state index is 13.2. The molecule has 3 heterocycles. The fourth-order valence-corrected chi connectivity index (χ4v) is 5.05. The van der Waals surface area contributed by atoms with Gasteiger partial charge in [-0.2, -0.15) is 0 Å². The van der Waals surface area contributed by atoms with E-state index in [2.05, 4.69) is 10.6 Å². The van der Waals surface area contributed by atoms with Gasteiger partial charge in [0, 0.05) is 31.6 Å². The number of hydrogen-bond acceptors (Lipinski definition) is 4. The summed E-state index contributed by atoms with van der Waals surface area (Å²) in [6.07, 6.45) is 5.48. The van der Waals surface area contributed by atoms with Gasteiger partial charge in [-0.1, -0.05) is 12.1 Å². The smallest absolute Gasteiger partial charge is 0.225 e. The Morgan fingerprint density at radius 3 is 2.44 bits per heavy atom. The van der Waals surface area contributed by atoms with E-state index in [0.29, 0.717) is 24.9 Å². The van der Waals surface area contributed by atoms with Crippen LogP contribution in [-0.2, 0) is 9.59 Å². The van der Waals surface area contributed by atoms with Crippen LogP contribution in [-0.4, -0.2) is 49.0 Å². The fourth-order valence-electron chi connectivity index (χ4n) is 5.05. The van der Waals surface area contributed by atoms with Crippen LogP contribution in [0.3, 0.4) is 0 Å². The van der Waals surface area contributed by atoms with E-state index in [1.165, 1.54) is 12.8 Å². The Hall–Kier alpha value is -2.08. The van der Waals surface area contributed by atoms with Gasteiger partial charge in [0.1, 0.15) is 5.75 Å². The van der Waals surface area contributed by atoms with Gasteiger partial charge >= 0.3 is 0 Å². The molecular weight excluding hydrogens is 342 g/mol. The van der Waals surface area contributed by atoms with Crippen LogP contribution < -0.4 is 15.4 Å². The van der Waals surface area contributed by atoms with Crippen LogP contribution >= 0.6 is 0 Å². The quantitative estimate of drug-likeness (QED) is 0.849. The predicted molar refractivity (Wildman–Crippen MR) is 102 cm³/mol. The number of amides is 2. The average molecular weight is 371 g/mol. The number of hydrogen-bond donors (Lipinski definition) is 2. The molecule has 0 aliphatic carbocycles. The van der Waals surface area contributed by atoms with E-state index in [1.54, 1.807) is 19.1 Å². The molecule has 27 heavy (non-hydrogen) atoms. The maximum Gasteiger partial charge on any atom is 0.225 e. The fraction of sp³-hybridized carbons (Fsp3) is 0.619. The van der Waals surface area contributed by atoms with Gasteiger partial charge < -0.3 is 20.3 Å². The third-order valence-electron chi connectivity index (χ3n) is 6.47. The Balaban J connectivity index is 1.51. The molecule has 0 radical (unpaired) electrons. The second-order valence-electron chi connectivity index (χ2n) is 8.18. The Bertz CT molecular complexity index is 693. The maximum atomic E-state index is 13.2. The number of ether oxygens (including phenoxy) is 1. The highest BCUT2D eigenvalue weighted by molar-refractivity contribution is 5.85. The number of fused-ring (bicyclic) bond motifs is 2. The summed E-state index contributed by atoms with van der Waals surface area (Å²) in [6.45, 7) is 0. The zero-order chi connectivity index (χ0) is 19.0. The number of carbonyl (C=O) groups is 2. The summed E-state index contributed by atoms with van der Waals surface area (Å²) in [6, 6.07) is 8.81. The van der Waals surface area contributed by atoms with Crippen molar-refractivity contribution in [1.82, 2.24) is 15.5 Å². The molecule has 3 aliphatic rings. The average Bonchev–Trinajstić information content (AvgIpc) is 3.02. The molecule has 146 valence electrons. The first-order valence-electron chi connectivity index (χ1n) is 10.0. The van der Waals surface area contributed by atoms with Crippen molar-refractivity contribution in [3.8, 4) is 5.75 Å². The van der Waals surface area contributed by atoms with Crippen LogP contribution in [0.15, 0.2) is 24.3 Å². The predicted octanol–water partition coefficient (Wildman–Crippen LogP) is 2.00. The highest BCUT2D eigenvalue weighted by Gasteiger charge is 2.41. The van der Waals surface area contributed by atoms with E-state index in [0.717, 1.165) is 24.2 Å². The number of methoxy groups -OCH3 is 1. The number of carbonyl (C=O) groups excluding carboxylic acids is 2. The van der Waals surface area contributed by atoms with Gasteiger partial charge in [0.05, 0.1) is 19.1 Å². The summed E-state index contributed by atoms with van der Waals surface area (Å²) in [5, 5.41) is 6.92. The van der Waals surface area contributed by atoms with Crippen molar-refractivity contribution in [2.24, 2.45) is 5.92 Å². The lowest BCUT2D eigenvalue weighted by molar-refractivity contribution is -0.142. The van der Waals surface area contributed by atoms with Crippen molar-refractivity contribution in [2.75, 3.05) is 14.2 Å². The van der Waals surface area contributed by atoms with E-state index < -0.39 is 0 Å². The van der Waals surface area contributed by atoms with Gasteiger partial charge in [0.2, 0.25) is 11.8 Å². The first-order chi connectivity index (χ1) is 13.0. The van der Waals surface area contributed by atoms with E-state index in [9.17, 15) is 9.59 Å². The zero-order valence-electron chi connectivity index (χ0n) is 16.1. The molecular formula is C21H29N3O3. The van der Waals surface area contributed by atoms with Crippen LogP contribution in [0.2, 0.25) is 0 Å². The highest BCUT2D eigenvalue weighted by atomic mass is 16.5. The molecule has 0 saturated carbocycles. The molecule has 0 aromatic heterocycles. The van der Waals surface area contributed by atoms with Gasteiger partial charge in [-0.3, -0.25) is 9.59 Å². The third kappa shape index (κ3) is 3.68. The first-order valence-corrected chi connectivity index (χ1v) is 10.0. The molecule has 1 aromatic carbocycles. The summed E-state index contributed by atoms with van der Waals surface area (Å²) >= 11 is 0. The summed E-state index contributed by atoms with van der Waals surface area (Å²) < 4.78 is 5.24. The van der Waals surface area contributed by atoms with Gasteiger partial charge in [0.25, 0.3) is 0 Å². The van der Waals surface area contributed by atoms with Gasteiger partial charge in [-0.05, 0) is 49.8 Å². The monoisotopic (exact) mass is 371 g/mol. The molecule has 3 aliphatic heterocycles. The number of piperidine rings is 2. The topological polar surface area (TPSA) is 70.7 Å². The number of benzene rings is 1. The van der Waals surface area contributed by atoms with Crippen molar-refractivity contribution in [1.29, 1.82) is 0 Å². The second-order valence-corrected chi connectivity index (χ2v) is 8.18. The molecule has 3 saturated heterocycles. The van der Waals surface area contributed by atoms with Crippen LogP contribution in [0, 0.1) is 5.92 Å². The lowest BCUT2D eigenvalue weighted by atomic mass is 9.83. The Morgan fingerprint density at radius 2 is 1.81 bits per heavy atom. The third-order valence-corrected chi connectivity index (χ3v) is 6.47. The van der Waals surface area contributed by atoms with E-state index in [4.69, 9.17) is 4.74 Å². The molecule has 4 unspecified atom stereocenters. The van der Waals surface area contributed by atoms with Gasteiger partial charge in [0.15, 0.2) is 0 Å². The lowest BCUT2D eigenvalue weighted by Crippen LogP contribution is -2.52. The SMILES string of the molecule is COc1ccc(C2C(C(=O)NC3CC4CCC(C3)N4)CCC(=O)N2C)cc1. The van der Waals surface area contributed by atoms with Crippen molar-refractivity contribution < 1.29 is 14.3 Å². The number of nitrogens with one attached hydrogen (secondary N) is 2. The minimum atomic E-state index is -0.226. The van der Waals surface area contributed by atoms with Crippen molar-refractivity contribution in [3.05, 3.63) is 29.8 Å². The lowest BCUT2D eigenvalue weighted by Gasteiger charge is -2.39. The van der Waals surface area contributed by atoms with Crippen LogP contribution in [0.25, 0.3) is 0 Å². The molecule has 4 rings (SSSR count). The Labute approximate surface area is 160 Å². The molecule has 2 bridgehead atoms. The van der Waals surface area contributed by atoms with Crippen LogP contribution in [0.5, 0.6) is 5.75 Å². The normalized spacial score (nSPS) is 33.0. The van der Waals surface area contributed by atoms with Crippen LogP contribution in [0.4, 0.5) is 0 Å². The molecule has 2 amide bonds. The number of nitrogens with zero attached hydrogens (tertiary/aromatic N) is 1. The molecule has 4 atom stereocenters. The highest BCUT2D eigenvalue weighted by Crippen LogP contribution is 2.37. The second kappa shape index (κ2) is 7.50. The van der Waals surface area contributed by atoms with Gasteiger partial charge in [-0.25, -0.2) is 0 Å². The van der Waals surface area contributed by atoms with Gasteiger partial charge in [-0.15, -0.1) is 0 Å². The number of likely N-dealkylation sites (tertiary alicyclic amines) is 1. The largest absolute Gasteiger partial charge is 0.497 e. The number of rotatable bonds is 4. The van der Waals surface area contributed by atoms with Crippen molar-refractivity contribution in [3.63, 3.8) is 0 Å². The summed E-state index contributed by atoms with van der Waals surface area (Å²) in [5.74, 6) is 0.740.